The lowest BCUT2D eigenvalue weighted by Crippen LogP contribution is -2.42. The zero-order valence-electron chi connectivity index (χ0n) is 11.9. The van der Waals surface area contributed by atoms with Crippen molar-refractivity contribution >= 4 is 10.9 Å². The van der Waals surface area contributed by atoms with Crippen LogP contribution in [-0.2, 0) is 18.4 Å². The van der Waals surface area contributed by atoms with Crippen molar-refractivity contribution < 1.29 is 0 Å². The van der Waals surface area contributed by atoms with Crippen molar-refractivity contribution in [1.82, 2.24) is 4.98 Å². The van der Waals surface area contributed by atoms with Crippen LogP contribution in [0.4, 0.5) is 0 Å². The van der Waals surface area contributed by atoms with Crippen LogP contribution in [0.3, 0.4) is 0 Å². The molecule has 1 aliphatic rings. The zero-order chi connectivity index (χ0) is 14.3. The summed E-state index contributed by atoms with van der Waals surface area (Å²) in [6.07, 6.45) is 4.86. The number of aromatic nitrogens is 1. The summed E-state index contributed by atoms with van der Waals surface area (Å²) in [4.78, 5) is 4.58. The highest BCUT2D eigenvalue weighted by Gasteiger charge is 2.32. The quantitative estimate of drug-likeness (QED) is 0.736. The van der Waals surface area contributed by atoms with Crippen molar-refractivity contribution in [2.75, 3.05) is 0 Å². The van der Waals surface area contributed by atoms with Gasteiger partial charge in [-0.05, 0) is 48.1 Å². The molecule has 0 saturated heterocycles. The first-order valence-corrected chi connectivity index (χ1v) is 7.46. The Bertz CT molecular complexity index is 809. The second-order valence-corrected chi connectivity index (χ2v) is 6.02. The molecule has 2 nitrogen and oxygen atoms in total. The Morgan fingerprint density at radius 3 is 2.62 bits per heavy atom. The molecular weight excluding hydrogens is 256 g/mol. The Kier molecular flexibility index (Phi) is 2.79. The van der Waals surface area contributed by atoms with Crippen molar-refractivity contribution in [2.45, 2.75) is 24.8 Å². The predicted molar refractivity (Wildman–Crippen MR) is 86.1 cm³/mol. The first-order chi connectivity index (χ1) is 10.2. The largest absolute Gasteiger partial charge is 0.321 e. The summed E-state index contributed by atoms with van der Waals surface area (Å²) in [5.74, 6) is 0. The monoisotopic (exact) mass is 274 g/mol. The van der Waals surface area contributed by atoms with Gasteiger partial charge in [-0.25, -0.2) is 0 Å². The second kappa shape index (κ2) is 4.68. The average molecular weight is 274 g/mol. The minimum Gasteiger partial charge on any atom is -0.321 e. The number of aryl methyl sites for hydroxylation is 1. The molecule has 1 atom stereocenters. The highest BCUT2D eigenvalue weighted by molar-refractivity contribution is 5.79. The SMILES string of the molecule is NC1(c2cnc3ccccc3c2)CCc2ccccc2C1. The van der Waals surface area contributed by atoms with E-state index < -0.39 is 0 Å². The fourth-order valence-electron chi connectivity index (χ4n) is 3.35. The molecule has 2 aromatic carbocycles. The molecule has 104 valence electrons. The summed E-state index contributed by atoms with van der Waals surface area (Å²) in [6.45, 7) is 0. The van der Waals surface area contributed by atoms with Crippen LogP contribution in [0.15, 0.2) is 60.8 Å². The van der Waals surface area contributed by atoms with Crippen LogP contribution in [0.5, 0.6) is 0 Å². The van der Waals surface area contributed by atoms with Crippen LogP contribution in [0.25, 0.3) is 10.9 Å². The van der Waals surface area contributed by atoms with E-state index in [0.29, 0.717) is 0 Å². The maximum Gasteiger partial charge on any atom is 0.0702 e. The van der Waals surface area contributed by atoms with Crippen LogP contribution in [-0.4, -0.2) is 4.98 Å². The normalized spacial score (nSPS) is 21.2. The number of fused-ring (bicyclic) bond motifs is 2. The molecule has 2 N–H and O–H groups in total. The first kappa shape index (κ1) is 12.5. The minimum absolute atomic E-state index is 0.300. The third-order valence-electron chi connectivity index (χ3n) is 4.63. The van der Waals surface area contributed by atoms with E-state index in [4.69, 9.17) is 5.73 Å². The van der Waals surface area contributed by atoms with Crippen LogP contribution in [0.2, 0.25) is 0 Å². The maximum atomic E-state index is 6.75. The molecule has 1 aromatic heterocycles. The number of hydrogen-bond donors (Lipinski definition) is 1. The van der Waals surface area contributed by atoms with Crippen molar-refractivity contribution in [3.05, 3.63) is 77.5 Å². The van der Waals surface area contributed by atoms with Gasteiger partial charge in [-0.1, -0.05) is 42.5 Å². The minimum atomic E-state index is -0.300. The van der Waals surface area contributed by atoms with E-state index in [1.54, 1.807) is 0 Å². The van der Waals surface area contributed by atoms with E-state index in [2.05, 4.69) is 41.4 Å². The summed E-state index contributed by atoms with van der Waals surface area (Å²) < 4.78 is 0. The standard InChI is InChI=1S/C19H18N2/c20-19(10-9-14-5-1-2-7-16(14)12-19)17-11-15-6-3-4-8-18(15)21-13-17/h1-8,11,13H,9-10,12,20H2. The third-order valence-corrected chi connectivity index (χ3v) is 4.63. The number of hydrogen-bond acceptors (Lipinski definition) is 2. The average Bonchev–Trinajstić information content (AvgIpc) is 2.54. The summed E-state index contributed by atoms with van der Waals surface area (Å²) >= 11 is 0. The molecule has 0 bridgehead atoms. The van der Waals surface area contributed by atoms with Gasteiger partial charge in [-0.15, -0.1) is 0 Å². The van der Waals surface area contributed by atoms with Crippen LogP contribution >= 0.6 is 0 Å². The lowest BCUT2D eigenvalue weighted by Gasteiger charge is -2.35. The topological polar surface area (TPSA) is 38.9 Å². The summed E-state index contributed by atoms with van der Waals surface area (Å²) in [5, 5.41) is 1.17. The van der Waals surface area contributed by atoms with Gasteiger partial charge in [0.1, 0.15) is 0 Å². The Hall–Kier alpha value is -2.19. The molecule has 0 aliphatic heterocycles. The van der Waals surface area contributed by atoms with Gasteiger partial charge < -0.3 is 5.73 Å². The molecule has 1 unspecified atom stereocenters. The van der Waals surface area contributed by atoms with E-state index in [-0.39, 0.29) is 5.54 Å². The predicted octanol–water partition coefficient (Wildman–Crippen LogP) is 3.58. The number of pyridine rings is 1. The van der Waals surface area contributed by atoms with E-state index in [0.717, 1.165) is 30.3 Å². The molecule has 0 fully saturated rings. The fourth-order valence-corrected chi connectivity index (χ4v) is 3.35. The van der Waals surface area contributed by atoms with Gasteiger partial charge in [0.15, 0.2) is 0 Å². The van der Waals surface area contributed by atoms with Crippen molar-refractivity contribution in [2.24, 2.45) is 5.73 Å². The molecule has 0 amide bonds. The summed E-state index contributed by atoms with van der Waals surface area (Å²) in [7, 11) is 0. The first-order valence-electron chi connectivity index (χ1n) is 7.46. The lowest BCUT2D eigenvalue weighted by molar-refractivity contribution is 0.384. The Morgan fingerprint density at radius 1 is 0.952 bits per heavy atom. The number of benzene rings is 2. The molecule has 1 heterocycles. The number of nitrogens with two attached hydrogens (primary N) is 1. The number of nitrogens with zero attached hydrogens (tertiary/aromatic N) is 1. The highest BCUT2D eigenvalue weighted by atomic mass is 14.8. The highest BCUT2D eigenvalue weighted by Crippen LogP contribution is 2.35. The summed E-state index contributed by atoms with van der Waals surface area (Å²) in [6, 6.07) is 19.0. The van der Waals surface area contributed by atoms with Gasteiger partial charge in [0.05, 0.1) is 5.52 Å². The molecule has 21 heavy (non-hydrogen) atoms. The van der Waals surface area contributed by atoms with Crippen molar-refractivity contribution in [3.8, 4) is 0 Å². The van der Waals surface area contributed by atoms with Crippen molar-refractivity contribution in [3.63, 3.8) is 0 Å². The van der Waals surface area contributed by atoms with E-state index in [9.17, 15) is 0 Å². The molecule has 3 aromatic rings. The summed E-state index contributed by atoms with van der Waals surface area (Å²) in [5.41, 5.74) is 11.4. The van der Waals surface area contributed by atoms with E-state index in [1.807, 2.05) is 24.4 Å². The number of para-hydroxylation sites is 1. The van der Waals surface area contributed by atoms with Gasteiger partial charge in [-0.3, -0.25) is 4.98 Å². The third kappa shape index (κ3) is 2.12. The van der Waals surface area contributed by atoms with E-state index >= 15 is 0 Å². The maximum absolute atomic E-state index is 6.75. The Morgan fingerprint density at radius 2 is 1.71 bits per heavy atom. The van der Waals surface area contributed by atoms with Crippen LogP contribution < -0.4 is 5.73 Å². The molecule has 0 spiro atoms. The number of rotatable bonds is 1. The Balaban J connectivity index is 1.77. The Labute approximate surface area is 124 Å². The zero-order valence-corrected chi connectivity index (χ0v) is 11.9. The molecule has 0 radical (unpaired) electrons. The van der Waals surface area contributed by atoms with Crippen molar-refractivity contribution in [1.29, 1.82) is 0 Å². The molecule has 4 rings (SSSR count). The van der Waals surface area contributed by atoms with Crippen LogP contribution in [0, 0.1) is 0 Å². The van der Waals surface area contributed by atoms with Gasteiger partial charge >= 0.3 is 0 Å². The van der Waals surface area contributed by atoms with Gasteiger partial charge in [-0.2, -0.15) is 0 Å². The van der Waals surface area contributed by atoms with Gasteiger partial charge in [0.2, 0.25) is 0 Å². The van der Waals surface area contributed by atoms with E-state index in [1.165, 1.54) is 16.5 Å². The molecule has 1 aliphatic carbocycles. The van der Waals surface area contributed by atoms with Gasteiger partial charge in [0, 0.05) is 17.1 Å². The van der Waals surface area contributed by atoms with Crippen LogP contribution in [0.1, 0.15) is 23.1 Å². The smallest absolute Gasteiger partial charge is 0.0702 e. The molecule has 2 heteroatoms. The van der Waals surface area contributed by atoms with Gasteiger partial charge in [0.25, 0.3) is 0 Å². The second-order valence-electron chi connectivity index (χ2n) is 6.02. The lowest BCUT2D eigenvalue weighted by atomic mass is 9.75. The fraction of sp³-hybridized carbons (Fsp3) is 0.211. The molecular formula is C19H18N2. The molecule has 0 saturated carbocycles.